The quantitative estimate of drug-likeness (QED) is 0.672. The van der Waals surface area contributed by atoms with Gasteiger partial charge in [-0.2, -0.15) is 0 Å². The molecule has 0 N–H and O–H groups in total. The average Bonchev–Trinajstić information content (AvgIpc) is 2.51. The van der Waals surface area contributed by atoms with E-state index in [0.717, 1.165) is 13.0 Å². The van der Waals surface area contributed by atoms with Crippen LogP contribution in [-0.2, 0) is 9.53 Å². The van der Waals surface area contributed by atoms with Gasteiger partial charge in [-0.15, -0.1) is 0 Å². The molecule has 0 aromatic carbocycles. The van der Waals surface area contributed by atoms with E-state index in [1.165, 1.54) is 0 Å². The largest absolute Gasteiger partial charge is 0.380 e. The molecular formula is C11H20O2. The van der Waals surface area contributed by atoms with Gasteiger partial charge in [0.05, 0.1) is 12.0 Å². The van der Waals surface area contributed by atoms with Gasteiger partial charge in [0.15, 0.2) is 0 Å². The third-order valence-corrected chi connectivity index (χ3v) is 3.17. The van der Waals surface area contributed by atoms with E-state index in [-0.39, 0.29) is 11.3 Å². The molecule has 0 saturated carbocycles. The molecule has 76 valence electrons. The van der Waals surface area contributed by atoms with Gasteiger partial charge >= 0.3 is 0 Å². The Labute approximate surface area is 80.7 Å². The summed E-state index contributed by atoms with van der Waals surface area (Å²) in [5.74, 6) is 0.897. The van der Waals surface area contributed by atoms with Crippen LogP contribution in [-0.4, -0.2) is 19.0 Å². The summed E-state index contributed by atoms with van der Waals surface area (Å²) in [5.41, 5.74) is -0.186. The van der Waals surface area contributed by atoms with Crippen LogP contribution in [0.1, 0.15) is 34.1 Å². The minimum atomic E-state index is -0.186. The summed E-state index contributed by atoms with van der Waals surface area (Å²) in [6.07, 6.45) is 0.904. The second-order valence-corrected chi connectivity index (χ2v) is 4.63. The Morgan fingerprint density at radius 2 is 1.92 bits per heavy atom. The molecule has 1 saturated heterocycles. The van der Waals surface area contributed by atoms with Crippen molar-refractivity contribution >= 4 is 5.78 Å². The Morgan fingerprint density at radius 3 is 2.23 bits per heavy atom. The first-order chi connectivity index (χ1) is 6.00. The summed E-state index contributed by atoms with van der Waals surface area (Å²) >= 11 is 0. The van der Waals surface area contributed by atoms with Crippen LogP contribution in [0.25, 0.3) is 0 Å². The minimum Gasteiger partial charge on any atom is -0.380 e. The fourth-order valence-electron chi connectivity index (χ4n) is 2.09. The van der Waals surface area contributed by atoms with Crippen LogP contribution in [0.3, 0.4) is 0 Å². The van der Waals surface area contributed by atoms with Gasteiger partial charge in [0, 0.05) is 12.5 Å². The van der Waals surface area contributed by atoms with Crippen molar-refractivity contribution in [1.29, 1.82) is 0 Å². The average molecular weight is 184 g/mol. The molecule has 0 aromatic rings. The van der Waals surface area contributed by atoms with Crippen LogP contribution in [0.2, 0.25) is 0 Å². The van der Waals surface area contributed by atoms with Gasteiger partial charge < -0.3 is 4.74 Å². The topological polar surface area (TPSA) is 26.3 Å². The zero-order chi connectivity index (χ0) is 10.1. The Balaban J connectivity index is 2.84. The van der Waals surface area contributed by atoms with E-state index in [9.17, 15) is 4.79 Å². The maximum Gasteiger partial charge on any atom is 0.144 e. The zero-order valence-electron chi connectivity index (χ0n) is 9.09. The second kappa shape index (κ2) is 3.79. The molecular weight excluding hydrogens is 164 g/mol. The number of Topliss-reactive ketones (excluding diaryl/α,β-unsaturated/α-hetero) is 1. The highest BCUT2D eigenvalue weighted by Gasteiger charge is 2.45. The monoisotopic (exact) mass is 184 g/mol. The van der Waals surface area contributed by atoms with Crippen molar-refractivity contribution in [2.75, 3.05) is 13.2 Å². The molecule has 13 heavy (non-hydrogen) atoms. The van der Waals surface area contributed by atoms with Crippen molar-refractivity contribution in [3.8, 4) is 0 Å². The summed E-state index contributed by atoms with van der Waals surface area (Å²) in [4.78, 5) is 12.0. The number of carbonyl (C=O) groups is 1. The normalized spacial score (nSPS) is 28.8. The van der Waals surface area contributed by atoms with Crippen molar-refractivity contribution < 1.29 is 9.53 Å². The van der Waals surface area contributed by atoms with Crippen LogP contribution in [0, 0.1) is 17.3 Å². The molecule has 1 atom stereocenters. The molecule has 1 aliphatic heterocycles. The Kier molecular flexibility index (Phi) is 3.12. The van der Waals surface area contributed by atoms with Gasteiger partial charge in [0.1, 0.15) is 5.78 Å². The van der Waals surface area contributed by atoms with Crippen molar-refractivity contribution in [2.24, 2.45) is 17.3 Å². The minimum absolute atomic E-state index is 0.129. The lowest BCUT2D eigenvalue weighted by atomic mass is 9.70. The van der Waals surface area contributed by atoms with Crippen LogP contribution in [0.15, 0.2) is 0 Å². The highest BCUT2D eigenvalue weighted by Crippen LogP contribution is 2.39. The molecule has 0 aromatic heterocycles. The molecule has 2 heteroatoms. The van der Waals surface area contributed by atoms with E-state index >= 15 is 0 Å². The highest BCUT2D eigenvalue weighted by molar-refractivity contribution is 5.87. The first-order valence-electron chi connectivity index (χ1n) is 5.13. The van der Waals surface area contributed by atoms with E-state index in [2.05, 4.69) is 13.8 Å². The van der Waals surface area contributed by atoms with E-state index in [1.54, 1.807) is 0 Å². The summed E-state index contributed by atoms with van der Waals surface area (Å²) in [6.45, 7) is 9.57. The van der Waals surface area contributed by atoms with Crippen molar-refractivity contribution in [2.45, 2.75) is 34.1 Å². The third kappa shape index (κ3) is 1.78. The standard InChI is InChI=1S/C11H20O2/c1-8(2)10(12)11(9(3)4)5-6-13-7-11/h8-9H,5-7H2,1-4H3/t11-/m1/s1. The molecule has 0 unspecified atom stereocenters. The highest BCUT2D eigenvalue weighted by atomic mass is 16.5. The number of hydrogen-bond acceptors (Lipinski definition) is 2. The van der Waals surface area contributed by atoms with Gasteiger partial charge in [-0.1, -0.05) is 27.7 Å². The van der Waals surface area contributed by atoms with Crippen LogP contribution >= 0.6 is 0 Å². The van der Waals surface area contributed by atoms with E-state index < -0.39 is 0 Å². The molecule has 0 bridgehead atoms. The van der Waals surface area contributed by atoms with Crippen LogP contribution in [0.4, 0.5) is 0 Å². The van der Waals surface area contributed by atoms with E-state index in [1.807, 2.05) is 13.8 Å². The van der Waals surface area contributed by atoms with Crippen molar-refractivity contribution in [1.82, 2.24) is 0 Å². The predicted octanol–water partition coefficient (Wildman–Crippen LogP) is 2.27. The summed E-state index contributed by atoms with van der Waals surface area (Å²) in [7, 11) is 0. The fourth-order valence-corrected chi connectivity index (χ4v) is 2.09. The Hall–Kier alpha value is -0.370. The lowest BCUT2D eigenvalue weighted by molar-refractivity contribution is -0.134. The molecule has 2 nitrogen and oxygen atoms in total. The number of rotatable bonds is 3. The maximum absolute atomic E-state index is 12.0. The first-order valence-corrected chi connectivity index (χ1v) is 5.13. The van der Waals surface area contributed by atoms with Crippen molar-refractivity contribution in [3.63, 3.8) is 0 Å². The smallest absolute Gasteiger partial charge is 0.144 e. The SMILES string of the molecule is CC(C)C(=O)[C@]1(C(C)C)CCOC1. The number of hydrogen-bond donors (Lipinski definition) is 0. The molecule has 1 rings (SSSR count). The summed E-state index contributed by atoms with van der Waals surface area (Å²) in [6, 6.07) is 0. The summed E-state index contributed by atoms with van der Waals surface area (Å²) in [5, 5.41) is 0. The molecule has 1 fully saturated rings. The van der Waals surface area contributed by atoms with Crippen LogP contribution in [0.5, 0.6) is 0 Å². The number of carbonyl (C=O) groups excluding carboxylic acids is 1. The van der Waals surface area contributed by atoms with Gasteiger partial charge in [-0.3, -0.25) is 4.79 Å². The first kappa shape index (κ1) is 10.7. The fraction of sp³-hybridized carbons (Fsp3) is 0.909. The van der Waals surface area contributed by atoms with Crippen molar-refractivity contribution in [3.05, 3.63) is 0 Å². The zero-order valence-corrected chi connectivity index (χ0v) is 9.09. The lowest BCUT2D eigenvalue weighted by Gasteiger charge is -2.31. The van der Waals surface area contributed by atoms with Gasteiger partial charge in [0.2, 0.25) is 0 Å². The van der Waals surface area contributed by atoms with Gasteiger partial charge in [0.25, 0.3) is 0 Å². The van der Waals surface area contributed by atoms with Gasteiger partial charge in [-0.05, 0) is 12.3 Å². The molecule has 0 aliphatic carbocycles. The Morgan fingerprint density at radius 1 is 1.31 bits per heavy atom. The van der Waals surface area contributed by atoms with E-state index in [4.69, 9.17) is 4.74 Å². The molecule has 1 heterocycles. The summed E-state index contributed by atoms with van der Waals surface area (Å²) < 4.78 is 5.37. The molecule has 0 spiro atoms. The Bertz CT molecular complexity index is 188. The lowest BCUT2D eigenvalue weighted by Crippen LogP contribution is -2.39. The van der Waals surface area contributed by atoms with Crippen LogP contribution < -0.4 is 0 Å². The van der Waals surface area contributed by atoms with Gasteiger partial charge in [-0.25, -0.2) is 0 Å². The third-order valence-electron chi connectivity index (χ3n) is 3.17. The maximum atomic E-state index is 12.0. The number of ether oxygens (including phenoxy) is 1. The molecule has 1 aliphatic rings. The molecule has 0 amide bonds. The predicted molar refractivity (Wildman–Crippen MR) is 52.6 cm³/mol. The van der Waals surface area contributed by atoms with E-state index in [0.29, 0.717) is 18.3 Å². The number of ketones is 1. The molecule has 0 radical (unpaired) electrons. The second-order valence-electron chi connectivity index (χ2n) is 4.63.